The molecule has 1 N–H and O–H groups in total. The summed E-state index contributed by atoms with van der Waals surface area (Å²) in [5.41, 5.74) is 4.01. The minimum absolute atomic E-state index is 0.667. The number of benzene rings is 1. The van der Waals surface area contributed by atoms with Gasteiger partial charge >= 0.3 is 0 Å². The number of hydrogen-bond donors (Lipinski definition) is 1. The number of nitrogens with one attached hydrogen (secondary N) is 1. The lowest BCUT2D eigenvalue weighted by molar-refractivity contribution is 0.789. The number of tetrazole rings is 1. The van der Waals surface area contributed by atoms with Crippen LogP contribution in [0, 0.1) is 13.8 Å². The van der Waals surface area contributed by atoms with Crippen molar-refractivity contribution in [3.63, 3.8) is 0 Å². The van der Waals surface area contributed by atoms with Gasteiger partial charge in [-0.05, 0) is 48.5 Å². The Balaban J connectivity index is 1.53. The van der Waals surface area contributed by atoms with Crippen LogP contribution < -0.4 is 5.32 Å². The third kappa shape index (κ3) is 2.55. The van der Waals surface area contributed by atoms with Gasteiger partial charge in [0.15, 0.2) is 0 Å². The first-order valence-corrected chi connectivity index (χ1v) is 7.91. The monoisotopic (exact) mass is 326 g/mol. The molecule has 9 heteroatoms. The van der Waals surface area contributed by atoms with E-state index in [1.54, 1.807) is 22.3 Å². The van der Waals surface area contributed by atoms with Gasteiger partial charge in [-0.2, -0.15) is 5.10 Å². The van der Waals surface area contributed by atoms with Crippen molar-refractivity contribution in [2.45, 2.75) is 20.4 Å². The molecule has 0 fully saturated rings. The quantitative estimate of drug-likeness (QED) is 0.617. The molecule has 0 atom stereocenters. The van der Waals surface area contributed by atoms with Crippen LogP contribution >= 0.6 is 11.3 Å². The smallest absolute Gasteiger partial charge is 0.212 e. The summed E-state index contributed by atoms with van der Waals surface area (Å²) in [7, 11) is 0. The van der Waals surface area contributed by atoms with Gasteiger partial charge in [-0.3, -0.25) is 0 Å². The third-order valence-corrected chi connectivity index (χ3v) is 4.36. The molecular weight excluding hydrogens is 312 g/mol. The average molecular weight is 326 g/mol. The first-order valence-electron chi connectivity index (χ1n) is 7.09. The van der Waals surface area contributed by atoms with Crippen molar-refractivity contribution in [1.82, 2.24) is 34.8 Å². The van der Waals surface area contributed by atoms with E-state index in [1.807, 2.05) is 42.6 Å². The summed E-state index contributed by atoms with van der Waals surface area (Å²) in [4.78, 5) is 5.48. The predicted octanol–water partition coefficient (Wildman–Crippen LogP) is 2.00. The van der Waals surface area contributed by atoms with E-state index in [9.17, 15) is 0 Å². The first kappa shape index (κ1) is 13.8. The summed E-state index contributed by atoms with van der Waals surface area (Å²) in [6.45, 7) is 4.67. The van der Waals surface area contributed by atoms with Gasteiger partial charge in [0.1, 0.15) is 11.3 Å². The molecule has 4 rings (SSSR count). The zero-order chi connectivity index (χ0) is 15.8. The molecule has 0 aliphatic heterocycles. The Kier molecular flexibility index (Phi) is 3.27. The lowest BCUT2D eigenvalue weighted by Crippen LogP contribution is -2.05. The summed E-state index contributed by atoms with van der Waals surface area (Å²) >= 11 is 1.60. The largest absolute Gasteiger partial charge is 0.379 e. The van der Waals surface area contributed by atoms with Crippen molar-refractivity contribution in [2.75, 3.05) is 5.32 Å². The van der Waals surface area contributed by atoms with Gasteiger partial charge in [-0.1, -0.05) is 11.3 Å². The number of anilines is 1. The van der Waals surface area contributed by atoms with E-state index in [0.29, 0.717) is 6.54 Å². The van der Waals surface area contributed by atoms with Crippen molar-refractivity contribution >= 4 is 22.0 Å². The average Bonchev–Trinajstić information content (AvgIpc) is 3.23. The van der Waals surface area contributed by atoms with Crippen molar-refractivity contribution in [2.24, 2.45) is 0 Å². The van der Waals surface area contributed by atoms with E-state index in [4.69, 9.17) is 0 Å². The van der Waals surface area contributed by atoms with Crippen LogP contribution in [0.25, 0.3) is 10.6 Å². The molecule has 23 heavy (non-hydrogen) atoms. The zero-order valence-corrected chi connectivity index (χ0v) is 13.4. The predicted molar refractivity (Wildman–Crippen MR) is 86.8 cm³/mol. The number of imidazole rings is 1. The summed E-state index contributed by atoms with van der Waals surface area (Å²) < 4.78 is 3.53. The van der Waals surface area contributed by atoms with Crippen LogP contribution in [0.1, 0.15) is 16.4 Å². The molecule has 0 spiro atoms. The van der Waals surface area contributed by atoms with Crippen molar-refractivity contribution in [1.29, 1.82) is 0 Å². The number of aromatic nitrogens is 7. The fourth-order valence-corrected chi connectivity index (χ4v) is 3.19. The van der Waals surface area contributed by atoms with E-state index in [1.165, 1.54) is 0 Å². The molecule has 3 heterocycles. The second-order valence-electron chi connectivity index (χ2n) is 5.11. The van der Waals surface area contributed by atoms with Crippen LogP contribution in [0.15, 0.2) is 30.6 Å². The van der Waals surface area contributed by atoms with E-state index in [0.717, 1.165) is 32.7 Å². The number of aryl methyl sites for hydroxylation is 2. The van der Waals surface area contributed by atoms with E-state index < -0.39 is 0 Å². The van der Waals surface area contributed by atoms with Gasteiger partial charge in [0.25, 0.3) is 0 Å². The Labute approximate surface area is 135 Å². The standard InChI is InChI=1S/C14H14N8S/c1-9-13(22-14(17-9)23-10(2)18-22)7-15-11-3-5-12(6-4-11)21-8-16-19-20-21/h3-6,8,15H,7H2,1-2H3. The molecule has 8 nitrogen and oxygen atoms in total. The first-order chi connectivity index (χ1) is 11.2. The van der Waals surface area contributed by atoms with Crippen LogP contribution in [0.3, 0.4) is 0 Å². The summed E-state index contributed by atoms with van der Waals surface area (Å²) in [6.07, 6.45) is 1.57. The highest BCUT2D eigenvalue weighted by atomic mass is 32.1. The molecule has 0 saturated carbocycles. The molecule has 0 saturated heterocycles. The van der Waals surface area contributed by atoms with Crippen LogP contribution in [-0.2, 0) is 6.54 Å². The van der Waals surface area contributed by atoms with Gasteiger partial charge in [0.05, 0.1) is 23.6 Å². The molecule has 116 valence electrons. The third-order valence-electron chi connectivity index (χ3n) is 3.54. The molecular formula is C14H14N8S. The zero-order valence-electron chi connectivity index (χ0n) is 12.6. The number of rotatable bonds is 4. The summed E-state index contributed by atoms with van der Waals surface area (Å²) in [5, 5.41) is 20.1. The van der Waals surface area contributed by atoms with E-state index in [2.05, 4.69) is 30.9 Å². The van der Waals surface area contributed by atoms with Gasteiger partial charge in [0, 0.05) is 5.69 Å². The Hall–Kier alpha value is -2.81. The fourth-order valence-electron chi connectivity index (χ4n) is 2.39. The van der Waals surface area contributed by atoms with Crippen molar-refractivity contribution in [3.8, 4) is 5.69 Å². The van der Waals surface area contributed by atoms with E-state index in [-0.39, 0.29) is 0 Å². The maximum absolute atomic E-state index is 4.55. The second kappa shape index (κ2) is 5.43. The highest BCUT2D eigenvalue weighted by Gasteiger charge is 2.12. The van der Waals surface area contributed by atoms with Crippen LogP contribution in [0.2, 0.25) is 0 Å². The van der Waals surface area contributed by atoms with Gasteiger partial charge in [-0.15, -0.1) is 5.10 Å². The van der Waals surface area contributed by atoms with Crippen LogP contribution in [0.4, 0.5) is 5.69 Å². The van der Waals surface area contributed by atoms with Gasteiger partial charge < -0.3 is 5.32 Å². The maximum Gasteiger partial charge on any atom is 0.212 e. The summed E-state index contributed by atoms with van der Waals surface area (Å²) in [6, 6.07) is 7.92. The molecule has 0 bridgehead atoms. The highest BCUT2D eigenvalue weighted by Crippen LogP contribution is 2.19. The molecule has 3 aromatic heterocycles. The maximum atomic E-state index is 4.55. The number of hydrogen-bond acceptors (Lipinski definition) is 7. The molecule has 0 radical (unpaired) electrons. The Morgan fingerprint density at radius 2 is 2.00 bits per heavy atom. The molecule has 0 aliphatic rings. The second-order valence-corrected chi connectivity index (χ2v) is 6.27. The fraction of sp³-hybridized carbons (Fsp3) is 0.214. The van der Waals surface area contributed by atoms with Gasteiger partial charge in [-0.25, -0.2) is 14.2 Å². The normalized spacial score (nSPS) is 11.2. The Morgan fingerprint density at radius 3 is 2.74 bits per heavy atom. The van der Waals surface area contributed by atoms with Crippen LogP contribution in [-0.4, -0.2) is 34.8 Å². The van der Waals surface area contributed by atoms with Crippen molar-refractivity contribution < 1.29 is 0 Å². The summed E-state index contributed by atoms with van der Waals surface area (Å²) in [5.74, 6) is 0. The minimum Gasteiger partial charge on any atom is -0.379 e. The molecule has 4 aromatic rings. The minimum atomic E-state index is 0.667. The Bertz CT molecular complexity index is 935. The Morgan fingerprint density at radius 1 is 1.17 bits per heavy atom. The molecule has 0 unspecified atom stereocenters. The molecule has 0 aliphatic carbocycles. The highest BCUT2D eigenvalue weighted by molar-refractivity contribution is 7.16. The van der Waals surface area contributed by atoms with Gasteiger partial charge in [0.2, 0.25) is 4.96 Å². The lowest BCUT2D eigenvalue weighted by atomic mass is 10.2. The number of fused-ring (bicyclic) bond motifs is 1. The molecule has 0 amide bonds. The van der Waals surface area contributed by atoms with Crippen molar-refractivity contribution in [3.05, 3.63) is 47.0 Å². The SMILES string of the molecule is Cc1nn2c(CNc3ccc(-n4cnnn4)cc3)c(C)nc2s1. The van der Waals surface area contributed by atoms with Crippen LogP contribution in [0.5, 0.6) is 0 Å². The van der Waals surface area contributed by atoms with E-state index >= 15 is 0 Å². The molecule has 1 aromatic carbocycles. The lowest BCUT2D eigenvalue weighted by Gasteiger charge is -2.07. The topological polar surface area (TPSA) is 85.8 Å². The number of nitrogens with zero attached hydrogens (tertiary/aromatic N) is 7.